The lowest BCUT2D eigenvalue weighted by Gasteiger charge is -2.45. The van der Waals surface area contributed by atoms with E-state index in [4.69, 9.17) is 0 Å². The highest BCUT2D eigenvalue weighted by Crippen LogP contribution is 2.74. The van der Waals surface area contributed by atoms with Crippen molar-refractivity contribution in [1.29, 1.82) is 0 Å². The summed E-state index contributed by atoms with van der Waals surface area (Å²) in [6.45, 7) is 0. The van der Waals surface area contributed by atoms with Crippen LogP contribution in [0.15, 0.2) is 0 Å². The number of rotatable bonds is 20. The minimum atomic E-state index is -7.37. The Hall–Kier alpha value is 1.56. The van der Waals surface area contributed by atoms with Crippen molar-refractivity contribution < 1.29 is 143 Å². The van der Waals surface area contributed by atoms with Crippen molar-refractivity contribution in [2.45, 2.75) is 45.3 Å². The van der Waals surface area contributed by atoms with Gasteiger partial charge in [0.2, 0.25) is 0 Å². The van der Waals surface area contributed by atoms with E-state index in [0.717, 1.165) is 0 Å². The molecule has 0 saturated heterocycles. The second-order valence-electron chi connectivity index (χ2n) is 10.6. The zero-order chi connectivity index (χ0) is 41.7. The van der Waals surface area contributed by atoms with Crippen molar-refractivity contribution in [2.75, 3.05) is 12.3 Å². The lowest BCUT2D eigenvalue weighted by molar-refractivity contribution is 0.270. The Morgan fingerprint density at radius 2 is 0.529 bits per heavy atom. The van der Waals surface area contributed by atoms with Crippen LogP contribution in [-0.4, -0.2) is 159 Å². The van der Waals surface area contributed by atoms with Gasteiger partial charge < -0.3 is 97.4 Å². The van der Waals surface area contributed by atoms with E-state index in [1.807, 2.05) is 0 Å². The summed E-state index contributed by atoms with van der Waals surface area (Å²) in [4.78, 5) is 189. The van der Waals surface area contributed by atoms with Gasteiger partial charge in [-0.2, -0.15) is 0 Å². The smallest absolute Gasteiger partial charge is 0.330 e. The van der Waals surface area contributed by atoms with Crippen molar-refractivity contribution in [1.82, 2.24) is 0 Å². The molecular formula is C10H33BO30P10. The van der Waals surface area contributed by atoms with Gasteiger partial charge in [0.15, 0.2) is 0 Å². The molecule has 0 bridgehead atoms. The van der Waals surface area contributed by atoms with Crippen molar-refractivity contribution >= 4 is 84.0 Å². The summed E-state index contributed by atoms with van der Waals surface area (Å²) >= 11 is 0. The molecule has 0 amide bonds. The van der Waals surface area contributed by atoms with Crippen molar-refractivity contribution in [3.63, 3.8) is 0 Å². The summed E-state index contributed by atoms with van der Waals surface area (Å²) in [6.07, 6.45) is -4.92. The molecule has 0 fully saturated rings. The summed E-state index contributed by atoms with van der Waals surface area (Å²) in [7, 11) is -68.2. The Morgan fingerprint density at radius 1 is 0.333 bits per heavy atom. The molecule has 51 heavy (non-hydrogen) atoms. The summed E-state index contributed by atoms with van der Waals surface area (Å²) in [6, 6.07) is 0. The highest BCUT2D eigenvalue weighted by atomic mass is 31.2. The Labute approximate surface area is 284 Å². The zero-order valence-corrected chi connectivity index (χ0v) is 33.4. The molecule has 0 aliphatic rings. The predicted molar refractivity (Wildman–Crippen MR) is 168 cm³/mol. The van der Waals surface area contributed by atoms with Gasteiger partial charge in [-0.3, -0.25) is 45.7 Å². The van der Waals surface area contributed by atoms with E-state index < -0.39 is 134 Å². The molecule has 9 atom stereocenters. The Balaban J connectivity index is 9.15. The van der Waals surface area contributed by atoms with Gasteiger partial charge in [0.1, 0.15) is 0 Å². The summed E-state index contributed by atoms with van der Waals surface area (Å²) in [5.74, 6) is 0. The molecule has 0 spiro atoms. The second kappa shape index (κ2) is 16.8. The van der Waals surface area contributed by atoms with E-state index >= 15 is 0 Å². The maximum Gasteiger partial charge on any atom is 0.330 e. The normalized spacial score (nSPS) is 21.1. The van der Waals surface area contributed by atoms with E-state index in [2.05, 4.69) is 4.44 Å². The van der Waals surface area contributed by atoms with E-state index in [9.17, 15) is 139 Å². The van der Waals surface area contributed by atoms with Gasteiger partial charge >= 0.3 is 76.0 Å². The van der Waals surface area contributed by atoms with Gasteiger partial charge in [-0.25, -0.2) is 0 Å². The molecule has 0 aliphatic carbocycles. The maximum absolute atomic E-state index is 13.0. The van der Waals surface area contributed by atoms with Gasteiger partial charge in [0, 0.05) is 0 Å². The predicted octanol–water partition coefficient (Wildman–Crippen LogP) is -4.72. The van der Waals surface area contributed by atoms with Crippen LogP contribution >= 0.6 is 76.0 Å². The largest absolute Gasteiger partial charge is 0.379 e. The van der Waals surface area contributed by atoms with Gasteiger partial charge in [-0.15, -0.1) is 0 Å². The first-order valence-electron chi connectivity index (χ1n) is 12.1. The average Bonchev–Trinajstić information content (AvgIpc) is 2.76. The van der Waals surface area contributed by atoms with Crippen LogP contribution in [0.25, 0.3) is 0 Å². The minimum absolute atomic E-state index is 0.300. The molecule has 41 heteroatoms. The fourth-order valence-electron chi connectivity index (χ4n) is 5.08. The molecule has 0 rings (SSSR count). The Kier molecular flexibility index (Phi) is 17.3. The van der Waals surface area contributed by atoms with E-state index in [1.54, 1.807) is 0 Å². The van der Waals surface area contributed by atoms with Crippen LogP contribution in [0.3, 0.4) is 0 Å². The maximum atomic E-state index is 13.0. The van der Waals surface area contributed by atoms with Crippen molar-refractivity contribution in [3.05, 3.63) is 0 Å². The molecule has 30 nitrogen and oxygen atoms in total. The summed E-state index contributed by atoms with van der Waals surface area (Å²) < 4.78 is 130. The van der Waals surface area contributed by atoms with Crippen molar-refractivity contribution in [2.24, 2.45) is 0 Å². The fraction of sp³-hybridized carbons (Fsp3) is 1.00. The first-order valence-corrected chi connectivity index (χ1v) is 29.1. The zero-order valence-electron chi connectivity index (χ0n) is 24.5. The lowest BCUT2D eigenvalue weighted by atomic mass is 10.0. The minimum Gasteiger partial charge on any atom is -0.379 e. The standard InChI is InChI=1S/C10H33BO30P10/c11-41-43(15,16)2-4(45(20,21)22)6(47(26,27)28)8(49(32,33)34)10(51(38,39)40)9(50(35,36)37)7(48(29,30)31)5(46(23,24)25)3(44(17,18)19)1-42(12,13)14/h3-10H,1-2,11H2,(H,15,16)(H2,12,13,14)(H2,17,18,19)(H2,20,21,22)(H2,23,24,25)(H2,26,27,28)(H2,29,30,31)(H2,32,33,34)(H2,35,36,37)(H2,38,39,40). The topological polar surface area (TPSA) is 564 Å². The average molecular weight is 954 g/mol. The SMILES string of the molecule is BOP(=O)(O)CC(C(C(C(C(C(C(C(CP(=O)(O)O)P(=O)(O)O)P(=O)(O)O)P(=O)(O)O)P(=O)(O)O)P(=O)(O)O)P(=O)(O)O)P(=O)(O)O)P(=O)(O)O. The highest BCUT2D eigenvalue weighted by Gasteiger charge is 2.70. The molecule has 0 aliphatic heterocycles. The van der Waals surface area contributed by atoms with Gasteiger partial charge in [-0.05, 0) is 0 Å². The van der Waals surface area contributed by atoms with Crippen LogP contribution in [0.4, 0.5) is 0 Å². The van der Waals surface area contributed by atoms with Crippen LogP contribution in [0.2, 0.25) is 0 Å². The van der Waals surface area contributed by atoms with Gasteiger partial charge in [0.25, 0.3) is 8.05 Å². The molecule has 0 aromatic rings. The van der Waals surface area contributed by atoms with Gasteiger partial charge in [0.05, 0.1) is 57.6 Å². The number of hydrogen-bond acceptors (Lipinski definition) is 11. The fourth-order valence-corrected chi connectivity index (χ4v) is 26.2. The third-order valence-corrected chi connectivity index (χ3v) is 22.7. The third kappa shape index (κ3) is 15.4. The summed E-state index contributed by atoms with van der Waals surface area (Å²) in [5, 5.41) is 0. The summed E-state index contributed by atoms with van der Waals surface area (Å²) in [5.41, 5.74) is -34.7. The second-order valence-corrected chi connectivity index (χ2v) is 28.7. The third-order valence-electron chi connectivity index (χ3n) is 6.86. The quantitative estimate of drug-likeness (QED) is 0.0403. The van der Waals surface area contributed by atoms with Crippen LogP contribution in [0, 0.1) is 0 Å². The molecule has 0 aromatic carbocycles. The van der Waals surface area contributed by atoms with E-state index in [-0.39, 0.29) is 0 Å². The Morgan fingerprint density at radius 3 is 0.686 bits per heavy atom. The number of hydrogen-bond donors (Lipinski definition) is 19. The highest BCUT2D eigenvalue weighted by molar-refractivity contribution is 7.64. The van der Waals surface area contributed by atoms with Crippen LogP contribution in [0.5, 0.6) is 0 Å². The molecular weight excluding hydrogens is 921 g/mol. The molecule has 0 aromatic heterocycles. The first kappa shape index (κ1) is 52.6. The Bertz CT molecular complexity index is 1740. The van der Waals surface area contributed by atoms with E-state index in [1.165, 1.54) is 0 Å². The van der Waals surface area contributed by atoms with Crippen LogP contribution < -0.4 is 0 Å². The first-order chi connectivity index (χ1) is 21.7. The molecule has 0 saturated carbocycles. The monoisotopic (exact) mass is 954 g/mol. The van der Waals surface area contributed by atoms with Gasteiger partial charge in [-0.1, -0.05) is 0 Å². The molecule has 19 N–H and O–H groups in total. The molecule has 0 heterocycles. The molecule has 306 valence electrons. The molecule has 0 radical (unpaired) electrons. The molecule has 9 unspecified atom stereocenters. The lowest BCUT2D eigenvalue weighted by Crippen LogP contribution is -2.55. The van der Waals surface area contributed by atoms with Crippen molar-refractivity contribution in [3.8, 4) is 0 Å². The van der Waals surface area contributed by atoms with Crippen LogP contribution in [0.1, 0.15) is 0 Å². The van der Waals surface area contributed by atoms with Crippen LogP contribution in [-0.2, 0) is 50.1 Å². The van der Waals surface area contributed by atoms with E-state index in [0.29, 0.717) is 8.05 Å².